The van der Waals surface area contributed by atoms with Crippen molar-refractivity contribution in [1.29, 1.82) is 0 Å². The molecule has 1 aromatic heterocycles. The summed E-state index contributed by atoms with van der Waals surface area (Å²) in [5.74, 6) is 0. The highest BCUT2D eigenvalue weighted by Gasteiger charge is 2.12. The van der Waals surface area contributed by atoms with Gasteiger partial charge in [0, 0.05) is 24.3 Å². The fourth-order valence-corrected chi connectivity index (χ4v) is 2.76. The molecular weight excluding hydrogens is 352 g/mol. The minimum atomic E-state index is 0.670. The summed E-state index contributed by atoms with van der Waals surface area (Å²) in [6.45, 7) is 3.28. The van der Waals surface area contributed by atoms with Gasteiger partial charge >= 0.3 is 0 Å². The average Bonchev–Trinajstić information content (AvgIpc) is 2.60. The highest BCUT2D eigenvalue weighted by molar-refractivity contribution is 7.80. The van der Waals surface area contributed by atoms with Gasteiger partial charge in [0.25, 0.3) is 0 Å². The minimum absolute atomic E-state index is 0.670. The lowest BCUT2D eigenvalue weighted by atomic mass is 10.2. The van der Waals surface area contributed by atoms with E-state index in [1.807, 2.05) is 48.7 Å². The Morgan fingerprint density at radius 3 is 2.52 bits per heavy atom. The van der Waals surface area contributed by atoms with Gasteiger partial charge in [-0.3, -0.25) is 4.98 Å². The number of thiocarbonyl (C=S) groups is 1. The molecule has 134 valence electrons. The molecule has 1 heterocycles. The molecule has 1 aromatic carbocycles. The van der Waals surface area contributed by atoms with Crippen LogP contribution in [0.5, 0.6) is 0 Å². The number of rotatable bonds is 8. The van der Waals surface area contributed by atoms with Crippen LogP contribution in [0.15, 0.2) is 48.7 Å². The number of hydrogen-bond donors (Lipinski definition) is 1. The Kier molecular flexibility index (Phi) is 8.12. The van der Waals surface area contributed by atoms with E-state index in [0.29, 0.717) is 13.1 Å². The molecule has 0 radical (unpaired) electrons. The van der Waals surface area contributed by atoms with Crippen LogP contribution >= 0.6 is 23.8 Å². The Balaban J connectivity index is 2.00. The molecule has 0 atom stereocenters. The lowest BCUT2D eigenvalue weighted by Gasteiger charge is -2.26. The van der Waals surface area contributed by atoms with Crippen LogP contribution in [0, 0.1) is 0 Å². The highest BCUT2D eigenvalue weighted by Crippen LogP contribution is 2.13. The van der Waals surface area contributed by atoms with Gasteiger partial charge in [0.2, 0.25) is 0 Å². The summed E-state index contributed by atoms with van der Waals surface area (Å²) >= 11 is 11.6. The number of aromatic nitrogens is 1. The predicted octanol–water partition coefficient (Wildman–Crippen LogP) is 3.56. The molecular formula is C19H25ClN4S. The molecule has 0 bridgehead atoms. The number of halogens is 1. The molecule has 2 aromatic rings. The second-order valence-corrected chi connectivity index (χ2v) is 7.02. The second-order valence-electron chi connectivity index (χ2n) is 6.19. The molecule has 0 spiro atoms. The van der Waals surface area contributed by atoms with Gasteiger partial charge in [-0.15, -0.1) is 0 Å². The highest BCUT2D eigenvalue weighted by atomic mass is 35.5. The summed E-state index contributed by atoms with van der Waals surface area (Å²) < 4.78 is 0. The van der Waals surface area contributed by atoms with Gasteiger partial charge in [-0.1, -0.05) is 29.8 Å². The first-order chi connectivity index (χ1) is 12.0. The van der Waals surface area contributed by atoms with Crippen molar-refractivity contribution >= 4 is 28.9 Å². The molecule has 0 fully saturated rings. The molecule has 25 heavy (non-hydrogen) atoms. The smallest absolute Gasteiger partial charge is 0.169 e. The summed E-state index contributed by atoms with van der Waals surface area (Å²) in [4.78, 5) is 8.73. The van der Waals surface area contributed by atoms with Crippen molar-refractivity contribution in [3.63, 3.8) is 0 Å². The molecule has 2 rings (SSSR count). The molecule has 4 nitrogen and oxygen atoms in total. The number of pyridine rings is 1. The van der Waals surface area contributed by atoms with Gasteiger partial charge in [-0.25, -0.2) is 0 Å². The Bertz CT molecular complexity index is 646. The summed E-state index contributed by atoms with van der Waals surface area (Å²) in [7, 11) is 4.15. The Hall–Kier alpha value is -1.69. The fraction of sp³-hybridized carbons (Fsp3) is 0.368. The van der Waals surface area contributed by atoms with E-state index < -0.39 is 0 Å². The van der Waals surface area contributed by atoms with Crippen molar-refractivity contribution in [2.24, 2.45) is 0 Å². The summed E-state index contributed by atoms with van der Waals surface area (Å²) in [5, 5.41) is 4.86. The van der Waals surface area contributed by atoms with Gasteiger partial charge in [0.15, 0.2) is 5.11 Å². The number of nitrogens with zero attached hydrogens (tertiary/aromatic N) is 3. The lowest BCUT2D eigenvalue weighted by molar-refractivity contribution is 0.381. The molecule has 1 N–H and O–H groups in total. The van der Waals surface area contributed by atoms with Gasteiger partial charge in [-0.05, 0) is 69.1 Å². The number of hydrogen-bond acceptors (Lipinski definition) is 3. The van der Waals surface area contributed by atoms with E-state index in [9.17, 15) is 0 Å². The molecule has 0 aliphatic rings. The molecule has 0 saturated carbocycles. The normalized spacial score (nSPS) is 10.7. The molecule has 6 heteroatoms. The van der Waals surface area contributed by atoms with Crippen LogP contribution in [-0.4, -0.2) is 47.1 Å². The standard InChI is InChI=1S/C19H25ClN4S/c1-23(2)13-5-12-22-19(25)24(15-18-6-3-4-11-21-18)14-16-7-9-17(20)10-8-16/h3-4,6-11H,5,12-15H2,1-2H3,(H,22,25). The maximum absolute atomic E-state index is 5.98. The zero-order chi connectivity index (χ0) is 18.1. The van der Waals surface area contributed by atoms with Crippen molar-refractivity contribution in [1.82, 2.24) is 20.1 Å². The van der Waals surface area contributed by atoms with Crippen molar-refractivity contribution in [3.8, 4) is 0 Å². The monoisotopic (exact) mass is 376 g/mol. The van der Waals surface area contributed by atoms with Crippen LogP contribution in [0.4, 0.5) is 0 Å². The maximum Gasteiger partial charge on any atom is 0.169 e. The van der Waals surface area contributed by atoms with Gasteiger partial charge in [0.1, 0.15) is 0 Å². The van der Waals surface area contributed by atoms with E-state index in [2.05, 4.69) is 34.2 Å². The molecule has 0 amide bonds. The van der Waals surface area contributed by atoms with Crippen LogP contribution in [-0.2, 0) is 13.1 Å². The van der Waals surface area contributed by atoms with Crippen LogP contribution in [0.25, 0.3) is 0 Å². The van der Waals surface area contributed by atoms with Crippen LogP contribution in [0.2, 0.25) is 5.02 Å². The van der Waals surface area contributed by atoms with E-state index >= 15 is 0 Å². The Morgan fingerprint density at radius 2 is 1.88 bits per heavy atom. The Morgan fingerprint density at radius 1 is 1.12 bits per heavy atom. The topological polar surface area (TPSA) is 31.4 Å². The van der Waals surface area contributed by atoms with E-state index in [1.165, 1.54) is 0 Å². The van der Waals surface area contributed by atoms with Crippen LogP contribution in [0.1, 0.15) is 17.7 Å². The Labute approximate surface area is 160 Å². The third-order valence-corrected chi connectivity index (χ3v) is 4.37. The van der Waals surface area contributed by atoms with Gasteiger partial charge in [-0.2, -0.15) is 0 Å². The summed E-state index contributed by atoms with van der Waals surface area (Å²) in [6, 6.07) is 13.8. The zero-order valence-corrected chi connectivity index (χ0v) is 16.4. The van der Waals surface area contributed by atoms with E-state index in [-0.39, 0.29) is 0 Å². The van der Waals surface area contributed by atoms with Crippen molar-refractivity contribution in [2.75, 3.05) is 27.2 Å². The third kappa shape index (κ3) is 7.38. The molecule has 0 aliphatic heterocycles. The van der Waals surface area contributed by atoms with Crippen molar-refractivity contribution < 1.29 is 0 Å². The summed E-state index contributed by atoms with van der Waals surface area (Å²) in [6.07, 6.45) is 2.86. The summed E-state index contributed by atoms with van der Waals surface area (Å²) in [5.41, 5.74) is 2.16. The lowest BCUT2D eigenvalue weighted by Crippen LogP contribution is -2.40. The second kappa shape index (κ2) is 10.3. The first kappa shape index (κ1) is 19.6. The molecule has 0 unspecified atom stereocenters. The first-order valence-electron chi connectivity index (χ1n) is 8.36. The van der Waals surface area contributed by atoms with Gasteiger partial charge in [0.05, 0.1) is 12.2 Å². The fourth-order valence-electron chi connectivity index (χ4n) is 2.40. The van der Waals surface area contributed by atoms with E-state index in [1.54, 1.807) is 0 Å². The SMILES string of the molecule is CN(C)CCCNC(=S)N(Cc1ccc(Cl)cc1)Cc1ccccn1. The van der Waals surface area contributed by atoms with Crippen LogP contribution in [0.3, 0.4) is 0 Å². The molecule has 0 aliphatic carbocycles. The van der Waals surface area contributed by atoms with Crippen LogP contribution < -0.4 is 5.32 Å². The van der Waals surface area contributed by atoms with Gasteiger partial charge < -0.3 is 15.1 Å². The minimum Gasteiger partial charge on any atom is -0.362 e. The average molecular weight is 377 g/mol. The quantitative estimate of drug-likeness (QED) is 0.562. The van der Waals surface area contributed by atoms with E-state index in [0.717, 1.165) is 40.9 Å². The first-order valence-corrected chi connectivity index (χ1v) is 9.15. The number of benzene rings is 1. The largest absolute Gasteiger partial charge is 0.362 e. The number of nitrogens with one attached hydrogen (secondary N) is 1. The van der Waals surface area contributed by atoms with Crippen molar-refractivity contribution in [2.45, 2.75) is 19.5 Å². The maximum atomic E-state index is 5.98. The van der Waals surface area contributed by atoms with E-state index in [4.69, 9.17) is 23.8 Å². The molecule has 0 saturated heterocycles. The predicted molar refractivity (Wildman–Crippen MR) is 109 cm³/mol. The third-order valence-electron chi connectivity index (χ3n) is 3.71. The zero-order valence-electron chi connectivity index (χ0n) is 14.8. The van der Waals surface area contributed by atoms with Crippen molar-refractivity contribution in [3.05, 3.63) is 64.9 Å².